The highest BCUT2D eigenvalue weighted by molar-refractivity contribution is 5.80. The lowest BCUT2D eigenvalue weighted by atomic mass is 9.96. The highest BCUT2D eigenvalue weighted by Crippen LogP contribution is 2.22. The summed E-state index contributed by atoms with van der Waals surface area (Å²) in [6, 6.07) is 0.449. The van der Waals surface area contributed by atoms with E-state index in [-0.39, 0.29) is 5.54 Å². The van der Waals surface area contributed by atoms with Gasteiger partial charge in [-0.05, 0) is 33.1 Å². The van der Waals surface area contributed by atoms with Crippen molar-refractivity contribution in [2.24, 2.45) is 10.8 Å². The van der Waals surface area contributed by atoms with Gasteiger partial charge in [-0.25, -0.2) is 10.8 Å². The van der Waals surface area contributed by atoms with Gasteiger partial charge in [0.15, 0.2) is 0 Å². The van der Waals surface area contributed by atoms with E-state index < -0.39 is 0 Å². The molecule has 0 aromatic carbocycles. The van der Waals surface area contributed by atoms with Gasteiger partial charge in [0.1, 0.15) is 0 Å². The van der Waals surface area contributed by atoms with Crippen molar-refractivity contribution < 1.29 is 0 Å². The van der Waals surface area contributed by atoms with Gasteiger partial charge in [0, 0.05) is 12.6 Å². The molecule has 4 heteroatoms. The average molecular weight is 240 g/mol. The molecule has 0 bridgehead atoms. The van der Waals surface area contributed by atoms with E-state index in [1.165, 1.54) is 32.1 Å². The monoisotopic (exact) mass is 240 g/mol. The van der Waals surface area contributed by atoms with Crippen LogP contribution in [0.15, 0.2) is 4.99 Å². The summed E-state index contributed by atoms with van der Waals surface area (Å²) in [5, 5.41) is 0. The first-order valence-corrected chi connectivity index (χ1v) is 6.79. The van der Waals surface area contributed by atoms with Crippen molar-refractivity contribution in [2.45, 2.75) is 70.9 Å². The van der Waals surface area contributed by atoms with E-state index in [1.807, 2.05) is 0 Å². The van der Waals surface area contributed by atoms with Crippen molar-refractivity contribution in [3.8, 4) is 0 Å². The van der Waals surface area contributed by atoms with E-state index in [0.29, 0.717) is 6.04 Å². The Morgan fingerprint density at radius 2 is 1.94 bits per heavy atom. The number of hydrazine groups is 1. The zero-order valence-corrected chi connectivity index (χ0v) is 11.8. The lowest BCUT2D eigenvalue weighted by Gasteiger charge is -2.37. The molecule has 0 atom stereocenters. The van der Waals surface area contributed by atoms with Crippen molar-refractivity contribution >= 4 is 5.96 Å². The fourth-order valence-corrected chi connectivity index (χ4v) is 2.13. The number of nitrogens with zero attached hydrogens (tertiary/aromatic N) is 2. The van der Waals surface area contributed by atoms with Gasteiger partial charge < -0.3 is 4.90 Å². The van der Waals surface area contributed by atoms with Crippen molar-refractivity contribution in [2.75, 3.05) is 7.05 Å². The number of rotatable bonds is 3. The summed E-state index contributed by atoms with van der Waals surface area (Å²) in [6.45, 7) is 6.60. The van der Waals surface area contributed by atoms with Crippen LogP contribution in [0, 0.1) is 0 Å². The van der Waals surface area contributed by atoms with Crippen molar-refractivity contribution in [1.82, 2.24) is 10.3 Å². The van der Waals surface area contributed by atoms with Gasteiger partial charge >= 0.3 is 0 Å². The second-order valence-electron chi connectivity index (χ2n) is 5.61. The van der Waals surface area contributed by atoms with Crippen LogP contribution >= 0.6 is 0 Å². The molecule has 100 valence electrons. The molecule has 0 amide bonds. The van der Waals surface area contributed by atoms with Crippen LogP contribution in [0.2, 0.25) is 0 Å². The molecule has 0 radical (unpaired) electrons. The molecule has 17 heavy (non-hydrogen) atoms. The largest absolute Gasteiger partial charge is 0.340 e. The predicted molar refractivity (Wildman–Crippen MR) is 73.8 cm³/mol. The highest BCUT2D eigenvalue weighted by atomic mass is 15.4. The predicted octanol–water partition coefficient (Wildman–Crippen LogP) is 2.26. The third-order valence-electron chi connectivity index (χ3n) is 4.10. The Morgan fingerprint density at radius 1 is 1.35 bits per heavy atom. The SMILES string of the molecule is CCC(C)(C)N(C)C(=NC1CCCCC1)NN. The molecule has 0 heterocycles. The minimum atomic E-state index is 0.0832. The molecule has 1 rings (SSSR count). The molecular formula is C13H28N4. The Labute approximate surface area is 106 Å². The van der Waals surface area contributed by atoms with Crippen molar-refractivity contribution in [3.05, 3.63) is 0 Å². The molecule has 0 aliphatic heterocycles. The second kappa shape index (κ2) is 6.24. The quantitative estimate of drug-likeness (QED) is 0.344. The van der Waals surface area contributed by atoms with Gasteiger partial charge in [-0.1, -0.05) is 26.2 Å². The first-order valence-electron chi connectivity index (χ1n) is 6.79. The van der Waals surface area contributed by atoms with E-state index >= 15 is 0 Å². The molecular weight excluding hydrogens is 212 g/mol. The summed E-state index contributed by atoms with van der Waals surface area (Å²) in [5.74, 6) is 6.44. The number of hydrogen-bond acceptors (Lipinski definition) is 2. The van der Waals surface area contributed by atoms with Crippen molar-refractivity contribution in [1.29, 1.82) is 0 Å². The summed E-state index contributed by atoms with van der Waals surface area (Å²) in [4.78, 5) is 6.93. The Hall–Kier alpha value is -0.770. The van der Waals surface area contributed by atoms with E-state index in [2.05, 4.69) is 38.1 Å². The Kier molecular flexibility index (Phi) is 5.25. The zero-order valence-electron chi connectivity index (χ0n) is 11.8. The molecule has 0 aromatic heterocycles. The maximum atomic E-state index is 5.62. The topological polar surface area (TPSA) is 53.6 Å². The van der Waals surface area contributed by atoms with E-state index in [1.54, 1.807) is 0 Å². The van der Waals surface area contributed by atoms with Crippen LogP contribution in [0.3, 0.4) is 0 Å². The molecule has 0 saturated heterocycles. The third-order valence-corrected chi connectivity index (χ3v) is 4.10. The van der Waals surface area contributed by atoms with Crippen LogP contribution in [0.1, 0.15) is 59.3 Å². The van der Waals surface area contributed by atoms with Crippen LogP contribution in [-0.4, -0.2) is 29.5 Å². The molecule has 0 aromatic rings. The number of hydrogen-bond donors (Lipinski definition) is 2. The van der Waals surface area contributed by atoms with Gasteiger partial charge in [-0.15, -0.1) is 0 Å². The second-order valence-corrected chi connectivity index (χ2v) is 5.61. The molecule has 1 aliphatic rings. The number of guanidine groups is 1. The summed E-state index contributed by atoms with van der Waals surface area (Å²) < 4.78 is 0. The fourth-order valence-electron chi connectivity index (χ4n) is 2.13. The minimum absolute atomic E-state index is 0.0832. The van der Waals surface area contributed by atoms with Gasteiger partial charge in [-0.2, -0.15) is 0 Å². The standard InChI is InChI=1S/C13H28N4/c1-5-13(2,3)17(4)12(16-14)15-11-9-7-6-8-10-11/h11H,5-10,14H2,1-4H3,(H,15,16). The Bertz CT molecular complexity index is 254. The maximum Gasteiger partial charge on any atom is 0.208 e. The van der Waals surface area contributed by atoms with Crippen LogP contribution in [0.5, 0.6) is 0 Å². The zero-order chi connectivity index (χ0) is 12.9. The van der Waals surface area contributed by atoms with E-state index in [0.717, 1.165) is 12.4 Å². The summed E-state index contributed by atoms with van der Waals surface area (Å²) in [6.07, 6.45) is 7.42. The highest BCUT2D eigenvalue weighted by Gasteiger charge is 2.25. The molecule has 0 spiro atoms. The molecule has 1 fully saturated rings. The number of aliphatic imine (C=N–C) groups is 1. The Morgan fingerprint density at radius 3 is 2.41 bits per heavy atom. The molecule has 4 nitrogen and oxygen atoms in total. The first-order chi connectivity index (χ1) is 8.01. The molecule has 3 N–H and O–H groups in total. The summed E-state index contributed by atoms with van der Waals surface area (Å²) in [5.41, 5.74) is 2.85. The van der Waals surface area contributed by atoms with Crippen LogP contribution in [-0.2, 0) is 0 Å². The van der Waals surface area contributed by atoms with Gasteiger partial charge in [0.05, 0.1) is 6.04 Å². The van der Waals surface area contributed by atoms with Crippen LogP contribution < -0.4 is 11.3 Å². The lowest BCUT2D eigenvalue weighted by molar-refractivity contribution is 0.236. The molecule has 0 unspecified atom stereocenters. The average Bonchev–Trinajstić information content (AvgIpc) is 2.36. The number of nitrogens with two attached hydrogens (primary N) is 1. The summed E-state index contributed by atoms with van der Waals surface area (Å²) >= 11 is 0. The Balaban J connectivity index is 2.71. The van der Waals surface area contributed by atoms with Gasteiger partial charge in [0.25, 0.3) is 0 Å². The first kappa shape index (κ1) is 14.3. The van der Waals surface area contributed by atoms with E-state index in [4.69, 9.17) is 10.8 Å². The normalized spacial score (nSPS) is 19.2. The smallest absolute Gasteiger partial charge is 0.208 e. The lowest BCUT2D eigenvalue weighted by Crippen LogP contribution is -2.52. The summed E-state index contributed by atoms with van der Waals surface area (Å²) in [7, 11) is 2.06. The molecule has 1 aliphatic carbocycles. The maximum absolute atomic E-state index is 5.62. The van der Waals surface area contributed by atoms with Crippen LogP contribution in [0.4, 0.5) is 0 Å². The fraction of sp³-hybridized carbons (Fsp3) is 0.923. The minimum Gasteiger partial charge on any atom is -0.340 e. The molecule has 1 saturated carbocycles. The number of nitrogens with one attached hydrogen (secondary N) is 1. The van der Waals surface area contributed by atoms with Gasteiger partial charge in [0.2, 0.25) is 5.96 Å². The van der Waals surface area contributed by atoms with Gasteiger partial charge in [-0.3, -0.25) is 5.43 Å². The third kappa shape index (κ3) is 3.87. The van der Waals surface area contributed by atoms with Crippen molar-refractivity contribution in [3.63, 3.8) is 0 Å². The van der Waals surface area contributed by atoms with Crippen LogP contribution in [0.25, 0.3) is 0 Å². The van der Waals surface area contributed by atoms with E-state index in [9.17, 15) is 0 Å².